The summed E-state index contributed by atoms with van der Waals surface area (Å²) in [7, 11) is 0. The normalized spacial score (nSPS) is 88.6. The summed E-state index contributed by atoms with van der Waals surface area (Å²) in [4.78, 5) is 0. The molecule has 82 valence electrons. The van der Waals surface area contributed by atoms with Crippen molar-refractivity contribution in [3.63, 3.8) is 0 Å². The van der Waals surface area contributed by atoms with Gasteiger partial charge in [-0.2, -0.15) is 0 Å². The van der Waals surface area contributed by atoms with E-state index in [2.05, 4.69) is 0 Å². The Balaban J connectivity index is 1.80. The maximum absolute atomic E-state index is 10.4. The lowest BCUT2D eigenvalue weighted by Gasteiger charge is -3.16. The van der Waals surface area contributed by atoms with E-state index in [4.69, 9.17) is 0 Å². The first-order valence-electron chi connectivity index (χ1n) is 5.69. The summed E-state index contributed by atoms with van der Waals surface area (Å²) in [5.74, 6) is -0.726. The zero-order valence-corrected chi connectivity index (χ0v) is 8.60. The Kier molecular flexibility index (Phi) is 0.696. The summed E-state index contributed by atoms with van der Waals surface area (Å²) < 4.78 is 0. The quantitative estimate of drug-likeness (QED) is 0.423. The molecule has 0 radical (unpaired) electrons. The third-order valence-corrected chi connectivity index (χ3v) is 6.91. The average molecular weight is 210 g/mol. The largest absolute Gasteiger partial charge is 0.386 e. The molecule has 4 unspecified atom stereocenters. The zero-order chi connectivity index (χ0) is 10.8. The van der Waals surface area contributed by atoms with Gasteiger partial charge >= 0.3 is 0 Å². The molecule has 6 fully saturated rings. The number of aliphatic hydroxyl groups is 4. The Bertz CT molecular complexity index is 430. The van der Waals surface area contributed by atoms with Crippen molar-refractivity contribution in [1.82, 2.24) is 0 Å². The van der Waals surface area contributed by atoms with E-state index in [0.717, 1.165) is 0 Å². The van der Waals surface area contributed by atoms with Crippen LogP contribution in [-0.2, 0) is 0 Å². The minimum absolute atomic E-state index is 0.0931. The van der Waals surface area contributed by atoms with Crippen molar-refractivity contribution in [3.8, 4) is 0 Å². The van der Waals surface area contributed by atoms with Crippen LogP contribution in [0.2, 0.25) is 0 Å². The van der Waals surface area contributed by atoms with Crippen molar-refractivity contribution >= 4 is 0 Å². The Labute approximate surface area is 86.5 Å². The lowest BCUT2D eigenvalue weighted by molar-refractivity contribution is -0.783. The Morgan fingerprint density at radius 2 is 1.33 bits per heavy atom. The van der Waals surface area contributed by atoms with Gasteiger partial charge in [0.25, 0.3) is 0 Å². The van der Waals surface area contributed by atoms with Gasteiger partial charge in [0.1, 0.15) is 22.4 Å². The summed E-state index contributed by atoms with van der Waals surface area (Å²) in [6, 6.07) is 0. The van der Waals surface area contributed by atoms with Crippen molar-refractivity contribution in [3.05, 3.63) is 0 Å². The second kappa shape index (κ2) is 1.30. The molecular weight excluding hydrogens is 196 g/mol. The highest BCUT2D eigenvalue weighted by atomic mass is 16.5. The van der Waals surface area contributed by atoms with Gasteiger partial charge in [0, 0.05) is 23.2 Å². The van der Waals surface area contributed by atoms with E-state index in [-0.39, 0.29) is 23.7 Å². The molecule has 0 amide bonds. The molecule has 6 aliphatic carbocycles. The topological polar surface area (TPSA) is 80.9 Å². The first-order chi connectivity index (χ1) is 6.80. The number of rotatable bonds is 1. The van der Waals surface area contributed by atoms with Gasteiger partial charge in [-0.25, -0.2) is 0 Å². The van der Waals surface area contributed by atoms with E-state index >= 15 is 0 Å². The maximum atomic E-state index is 10.4. The minimum atomic E-state index is -1.09. The molecule has 0 spiro atoms. The SMILES string of the molecule is CC(C)C12C3C4(O)C5C(C41O)C2(O)C53O. The van der Waals surface area contributed by atoms with Crippen molar-refractivity contribution in [2.75, 3.05) is 0 Å². The van der Waals surface area contributed by atoms with Crippen LogP contribution in [0.4, 0.5) is 0 Å². The van der Waals surface area contributed by atoms with Crippen LogP contribution in [0.3, 0.4) is 0 Å². The predicted molar refractivity (Wildman–Crippen MR) is 47.5 cm³/mol. The third-order valence-electron chi connectivity index (χ3n) is 6.91. The smallest absolute Gasteiger partial charge is 0.109 e. The van der Waals surface area contributed by atoms with Gasteiger partial charge in [0.2, 0.25) is 0 Å². The average Bonchev–Trinajstić information content (AvgIpc) is 2.16. The fourth-order valence-electron chi connectivity index (χ4n) is 7.03. The van der Waals surface area contributed by atoms with Crippen LogP contribution in [0.5, 0.6) is 0 Å². The maximum Gasteiger partial charge on any atom is 0.109 e. The lowest BCUT2D eigenvalue weighted by Crippen LogP contribution is -3.33. The molecule has 0 bridgehead atoms. The second-order valence-corrected chi connectivity index (χ2v) is 6.60. The molecule has 4 atom stereocenters. The monoisotopic (exact) mass is 210 g/mol. The van der Waals surface area contributed by atoms with Crippen LogP contribution in [0.1, 0.15) is 13.8 Å². The van der Waals surface area contributed by atoms with E-state index in [1.165, 1.54) is 0 Å². The molecule has 0 heterocycles. The highest BCUT2D eigenvalue weighted by Crippen LogP contribution is 3.11. The summed E-state index contributed by atoms with van der Waals surface area (Å²) in [5.41, 5.74) is -4.95. The molecule has 0 saturated heterocycles. The Morgan fingerprint density at radius 3 is 1.67 bits per heavy atom. The van der Waals surface area contributed by atoms with E-state index in [1.54, 1.807) is 0 Å². The van der Waals surface area contributed by atoms with E-state index in [1.807, 2.05) is 13.8 Å². The van der Waals surface area contributed by atoms with E-state index in [9.17, 15) is 20.4 Å². The van der Waals surface area contributed by atoms with Gasteiger partial charge in [-0.1, -0.05) is 13.8 Å². The summed E-state index contributed by atoms with van der Waals surface area (Å²) in [5, 5.41) is 41.4. The van der Waals surface area contributed by atoms with Crippen molar-refractivity contribution in [1.29, 1.82) is 0 Å². The van der Waals surface area contributed by atoms with Crippen LogP contribution in [-0.4, -0.2) is 42.8 Å². The summed E-state index contributed by atoms with van der Waals surface area (Å²) in [6.45, 7) is 3.90. The fourth-order valence-corrected chi connectivity index (χ4v) is 7.03. The molecule has 6 rings (SSSR count). The van der Waals surface area contributed by atoms with Gasteiger partial charge in [-0.15, -0.1) is 0 Å². The second-order valence-electron chi connectivity index (χ2n) is 6.60. The number of hydrogen-bond donors (Lipinski definition) is 4. The first kappa shape index (κ1) is 8.01. The van der Waals surface area contributed by atoms with Gasteiger partial charge in [0.05, 0.1) is 0 Å². The van der Waals surface area contributed by atoms with Gasteiger partial charge in [-0.3, -0.25) is 0 Å². The van der Waals surface area contributed by atoms with Crippen LogP contribution in [0, 0.1) is 29.1 Å². The Hall–Kier alpha value is -0.160. The standard InChI is InChI=1S/C11H14O4/c1-3(2)7-6-8(12)4-5(10(7,8)14)11(7,15)9(4,6)13/h3-6,12-15H,1-2H3. The molecule has 0 aromatic carbocycles. The minimum Gasteiger partial charge on any atom is -0.386 e. The van der Waals surface area contributed by atoms with Gasteiger partial charge in [0.15, 0.2) is 0 Å². The predicted octanol–water partition coefficient (Wildman–Crippen LogP) is -1.53. The zero-order valence-electron chi connectivity index (χ0n) is 8.60. The molecular formula is C11H14O4. The molecule has 6 saturated carbocycles. The van der Waals surface area contributed by atoms with E-state index < -0.39 is 27.8 Å². The number of hydrogen-bond acceptors (Lipinski definition) is 4. The molecule has 0 aromatic rings. The van der Waals surface area contributed by atoms with Crippen LogP contribution in [0.15, 0.2) is 0 Å². The van der Waals surface area contributed by atoms with Gasteiger partial charge < -0.3 is 20.4 Å². The third kappa shape index (κ3) is 0.251. The van der Waals surface area contributed by atoms with Crippen LogP contribution >= 0.6 is 0 Å². The highest BCUT2D eigenvalue weighted by Gasteiger charge is 3.27. The molecule has 15 heavy (non-hydrogen) atoms. The van der Waals surface area contributed by atoms with Crippen molar-refractivity contribution in [2.24, 2.45) is 29.1 Å². The fraction of sp³-hybridized carbons (Fsp3) is 1.00. The van der Waals surface area contributed by atoms with Crippen LogP contribution in [0.25, 0.3) is 0 Å². The van der Waals surface area contributed by atoms with E-state index in [0.29, 0.717) is 0 Å². The lowest BCUT2D eigenvalue weighted by atomic mass is 8.89. The summed E-state index contributed by atoms with van der Waals surface area (Å²) in [6.07, 6.45) is 0. The highest BCUT2D eigenvalue weighted by molar-refractivity contribution is 5.75. The molecule has 4 N–H and O–H groups in total. The van der Waals surface area contributed by atoms with Gasteiger partial charge in [-0.05, 0) is 5.92 Å². The van der Waals surface area contributed by atoms with Crippen LogP contribution < -0.4 is 0 Å². The molecule has 0 aromatic heterocycles. The van der Waals surface area contributed by atoms with Crippen molar-refractivity contribution < 1.29 is 20.4 Å². The summed E-state index contributed by atoms with van der Waals surface area (Å²) >= 11 is 0. The first-order valence-corrected chi connectivity index (χ1v) is 5.69. The molecule has 4 nitrogen and oxygen atoms in total. The molecule has 6 aliphatic rings. The van der Waals surface area contributed by atoms with Crippen molar-refractivity contribution in [2.45, 2.75) is 36.3 Å². The Morgan fingerprint density at radius 1 is 0.867 bits per heavy atom. The molecule has 4 heteroatoms. The molecule has 0 aliphatic heterocycles.